The van der Waals surface area contributed by atoms with E-state index < -0.39 is 11.6 Å². The van der Waals surface area contributed by atoms with Gasteiger partial charge >= 0.3 is 5.97 Å². The van der Waals surface area contributed by atoms with Crippen molar-refractivity contribution in [2.75, 3.05) is 22.5 Å². The number of carbonyl (C=O) groups excluding carboxylic acids is 2. The van der Waals surface area contributed by atoms with E-state index in [1.165, 1.54) is 13.3 Å². The standard InChI is InChI=1S/C17H22N6O3/c1-11(24)21-12-5-7-13(8-6-12)22-16-20-10-19-15(23-16)18-9-14(25)26-17(2,3)4/h5-8,10H,9H2,1-4H3,(H,21,24)(H2,18,19,20,22,23). The van der Waals surface area contributed by atoms with Crippen molar-refractivity contribution < 1.29 is 14.3 Å². The Morgan fingerprint density at radius 2 is 1.65 bits per heavy atom. The topological polar surface area (TPSA) is 118 Å². The molecule has 9 nitrogen and oxygen atoms in total. The molecule has 0 atom stereocenters. The summed E-state index contributed by atoms with van der Waals surface area (Å²) >= 11 is 0. The number of rotatable bonds is 6. The van der Waals surface area contributed by atoms with Crippen LogP contribution >= 0.6 is 0 Å². The SMILES string of the molecule is CC(=O)Nc1ccc(Nc2ncnc(NCC(=O)OC(C)(C)C)n2)cc1. The minimum atomic E-state index is -0.548. The van der Waals surface area contributed by atoms with Crippen LogP contribution in [-0.4, -0.2) is 39.0 Å². The Balaban J connectivity index is 1.94. The van der Waals surface area contributed by atoms with Crippen LogP contribution in [0.15, 0.2) is 30.6 Å². The van der Waals surface area contributed by atoms with Crippen molar-refractivity contribution in [3.05, 3.63) is 30.6 Å². The summed E-state index contributed by atoms with van der Waals surface area (Å²) in [5.41, 5.74) is 0.885. The van der Waals surface area contributed by atoms with Crippen LogP contribution in [0.3, 0.4) is 0 Å². The molecule has 138 valence electrons. The van der Waals surface area contributed by atoms with Crippen LogP contribution in [0.25, 0.3) is 0 Å². The predicted molar refractivity (Wildman–Crippen MR) is 98.2 cm³/mol. The number of nitrogens with zero attached hydrogens (tertiary/aromatic N) is 3. The fraction of sp³-hybridized carbons (Fsp3) is 0.353. The lowest BCUT2D eigenvalue weighted by molar-refractivity contribution is -0.152. The Labute approximate surface area is 151 Å². The van der Waals surface area contributed by atoms with E-state index in [-0.39, 0.29) is 18.4 Å². The third kappa shape index (κ3) is 6.71. The Kier molecular flexibility index (Phi) is 6.05. The molecule has 9 heteroatoms. The highest BCUT2D eigenvalue weighted by atomic mass is 16.6. The van der Waals surface area contributed by atoms with Crippen molar-refractivity contribution in [2.24, 2.45) is 0 Å². The summed E-state index contributed by atoms with van der Waals surface area (Å²) in [6.07, 6.45) is 1.33. The van der Waals surface area contributed by atoms with Gasteiger partial charge in [-0.15, -0.1) is 0 Å². The van der Waals surface area contributed by atoms with Gasteiger partial charge in [0.1, 0.15) is 18.5 Å². The zero-order valence-electron chi connectivity index (χ0n) is 15.2. The smallest absolute Gasteiger partial charge is 0.325 e. The van der Waals surface area contributed by atoms with Crippen molar-refractivity contribution in [2.45, 2.75) is 33.3 Å². The highest BCUT2D eigenvalue weighted by Crippen LogP contribution is 2.17. The molecule has 0 saturated heterocycles. The second-order valence-corrected chi connectivity index (χ2v) is 6.46. The molecule has 0 unspecified atom stereocenters. The summed E-state index contributed by atoms with van der Waals surface area (Å²) in [4.78, 5) is 34.9. The van der Waals surface area contributed by atoms with Gasteiger partial charge in [0.05, 0.1) is 0 Å². The van der Waals surface area contributed by atoms with Gasteiger partial charge in [-0.2, -0.15) is 4.98 Å². The summed E-state index contributed by atoms with van der Waals surface area (Å²) in [6.45, 7) is 6.79. The summed E-state index contributed by atoms with van der Waals surface area (Å²) in [6, 6.07) is 7.07. The molecule has 0 saturated carbocycles. The fourth-order valence-corrected chi connectivity index (χ4v) is 1.94. The number of aromatic nitrogens is 3. The number of anilines is 4. The first-order chi connectivity index (χ1) is 12.2. The van der Waals surface area contributed by atoms with Gasteiger partial charge in [-0.05, 0) is 45.0 Å². The van der Waals surface area contributed by atoms with Crippen LogP contribution in [-0.2, 0) is 14.3 Å². The molecule has 0 radical (unpaired) electrons. The zero-order valence-corrected chi connectivity index (χ0v) is 15.2. The van der Waals surface area contributed by atoms with E-state index >= 15 is 0 Å². The maximum absolute atomic E-state index is 11.7. The molecule has 1 heterocycles. The van der Waals surface area contributed by atoms with Crippen molar-refractivity contribution in [3.8, 4) is 0 Å². The molecule has 2 rings (SSSR count). The van der Waals surface area contributed by atoms with Crippen LogP contribution < -0.4 is 16.0 Å². The van der Waals surface area contributed by atoms with E-state index in [9.17, 15) is 9.59 Å². The molecule has 1 aromatic heterocycles. The molecule has 1 amide bonds. The van der Waals surface area contributed by atoms with Crippen molar-refractivity contribution >= 4 is 35.1 Å². The molecular weight excluding hydrogens is 336 g/mol. The van der Waals surface area contributed by atoms with E-state index in [2.05, 4.69) is 30.9 Å². The number of esters is 1. The number of carbonyl (C=O) groups is 2. The van der Waals surface area contributed by atoms with Crippen molar-refractivity contribution in [1.82, 2.24) is 15.0 Å². The molecule has 26 heavy (non-hydrogen) atoms. The van der Waals surface area contributed by atoms with Gasteiger partial charge in [0.2, 0.25) is 17.8 Å². The number of hydrogen-bond acceptors (Lipinski definition) is 8. The summed E-state index contributed by atoms with van der Waals surface area (Å²) in [7, 11) is 0. The van der Waals surface area contributed by atoms with Crippen LogP contribution in [0.1, 0.15) is 27.7 Å². The van der Waals surface area contributed by atoms with Crippen LogP contribution in [0.5, 0.6) is 0 Å². The molecule has 0 aliphatic heterocycles. The van der Waals surface area contributed by atoms with E-state index in [0.717, 1.165) is 5.69 Å². The van der Waals surface area contributed by atoms with Gasteiger partial charge in [-0.3, -0.25) is 9.59 Å². The average Bonchev–Trinajstić information content (AvgIpc) is 2.53. The number of amides is 1. The maximum atomic E-state index is 11.7. The van der Waals surface area contributed by atoms with Crippen LogP contribution in [0.2, 0.25) is 0 Å². The molecule has 0 aliphatic carbocycles. The first kappa shape index (κ1) is 19.1. The van der Waals surface area contributed by atoms with Gasteiger partial charge in [-0.25, -0.2) is 9.97 Å². The predicted octanol–water partition coefficient (Wildman–Crippen LogP) is 2.33. The van der Waals surface area contributed by atoms with Crippen LogP contribution in [0, 0.1) is 0 Å². The number of ether oxygens (including phenoxy) is 1. The average molecular weight is 358 g/mol. The zero-order chi connectivity index (χ0) is 19.2. The van der Waals surface area contributed by atoms with E-state index in [1.807, 2.05) is 0 Å². The van der Waals surface area contributed by atoms with E-state index in [0.29, 0.717) is 11.6 Å². The van der Waals surface area contributed by atoms with E-state index in [1.54, 1.807) is 45.0 Å². The summed E-state index contributed by atoms with van der Waals surface area (Å²) < 4.78 is 5.21. The number of benzene rings is 1. The number of hydrogen-bond donors (Lipinski definition) is 3. The normalized spacial score (nSPS) is 10.8. The second kappa shape index (κ2) is 8.24. The highest BCUT2D eigenvalue weighted by Gasteiger charge is 2.16. The van der Waals surface area contributed by atoms with Gasteiger partial charge in [-0.1, -0.05) is 0 Å². The molecule has 3 N–H and O–H groups in total. The van der Waals surface area contributed by atoms with Gasteiger partial charge in [0.25, 0.3) is 0 Å². The monoisotopic (exact) mass is 358 g/mol. The summed E-state index contributed by atoms with van der Waals surface area (Å²) in [5, 5.41) is 8.51. The van der Waals surface area contributed by atoms with Crippen molar-refractivity contribution in [1.29, 1.82) is 0 Å². The minimum absolute atomic E-state index is 0.0495. The van der Waals surface area contributed by atoms with Gasteiger partial charge in [0.15, 0.2) is 0 Å². The number of nitrogens with one attached hydrogen (secondary N) is 3. The van der Waals surface area contributed by atoms with Gasteiger partial charge < -0.3 is 20.7 Å². The van der Waals surface area contributed by atoms with E-state index in [4.69, 9.17) is 4.74 Å². The third-order valence-corrected chi connectivity index (χ3v) is 2.84. The van der Waals surface area contributed by atoms with Crippen molar-refractivity contribution in [3.63, 3.8) is 0 Å². The van der Waals surface area contributed by atoms with Gasteiger partial charge in [0, 0.05) is 18.3 Å². The molecule has 0 aliphatic rings. The fourth-order valence-electron chi connectivity index (χ4n) is 1.94. The lowest BCUT2D eigenvalue weighted by atomic mass is 10.2. The Hall–Kier alpha value is -3.23. The third-order valence-electron chi connectivity index (χ3n) is 2.84. The van der Waals surface area contributed by atoms with Crippen LogP contribution in [0.4, 0.5) is 23.3 Å². The minimum Gasteiger partial charge on any atom is -0.459 e. The molecule has 0 spiro atoms. The Morgan fingerprint density at radius 1 is 1.04 bits per heavy atom. The molecule has 0 bridgehead atoms. The highest BCUT2D eigenvalue weighted by molar-refractivity contribution is 5.88. The molecule has 1 aromatic carbocycles. The molecule has 2 aromatic rings. The Morgan fingerprint density at radius 3 is 2.27 bits per heavy atom. The molecular formula is C17H22N6O3. The Bertz CT molecular complexity index is 771. The lowest BCUT2D eigenvalue weighted by Gasteiger charge is -2.19. The quantitative estimate of drug-likeness (QED) is 0.673. The largest absolute Gasteiger partial charge is 0.459 e. The lowest BCUT2D eigenvalue weighted by Crippen LogP contribution is -2.28. The summed E-state index contributed by atoms with van der Waals surface area (Å²) in [5.74, 6) is 0.0343. The molecule has 0 fully saturated rings. The first-order valence-corrected chi connectivity index (χ1v) is 8.01. The first-order valence-electron chi connectivity index (χ1n) is 8.01. The second-order valence-electron chi connectivity index (χ2n) is 6.46. The maximum Gasteiger partial charge on any atom is 0.325 e.